The minimum atomic E-state index is -0.288. The fourth-order valence-electron chi connectivity index (χ4n) is 1.99. The van der Waals surface area contributed by atoms with E-state index in [1.54, 1.807) is 0 Å². The first-order chi connectivity index (χ1) is 10.8. The van der Waals surface area contributed by atoms with Gasteiger partial charge in [-0.15, -0.1) is 10.2 Å². The lowest BCUT2D eigenvalue weighted by atomic mass is 10.1. The lowest BCUT2D eigenvalue weighted by molar-refractivity contribution is -0.120. The van der Waals surface area contributed by atoms with Crippen LogP contribution >= 0.6 is 23.1 Å². The second kappa shape index (κ2) is 7.11. The van der Waals surface area contributed by atoms with E-state index in [0.717, 1.165) is 34.4 Å². The number of amides is 1. The molecule has 1 heterocycles. The normalized spacial score (nSPS) is 15.3. The van der Waals surface area contributed by atoms with Crippen molar-refractivity contribution in [2.24, 2.45) is 0 Å². The van der Waals surface area contributed by atoms with E-state index >= 15 is 0 Å². The third-order valence-corrected chi connectivity index (χ3v) is 5.44. The maximum Gasteiger partial charge on any atom is 0.238 e. The average molecular weight is 334 g/mol. The number of rotatable bonds is 7. The van der Waals surface area contributed by atoms with E-state index in [2.05, 4.69) is 20.8 Å². The summed E-state index contributed by atoms with van der Waals surface area (Å²) in [5, 5.41) is 15.0. The molecule has 0 spiro atoms. The van der Waals surface area contributed by atoms with E-state index in [1.807, 2.05) is 37.3 Å². The lowest BCUT2D eigenvalue weighted by Crippen LogP contribution is -2.29. The zero-order valence-electron chi connectivity index (χ0n) is 12.3. The number of nitrogens with one attached hydrogen (secondary N) is 2. The zero-order valence-corrected chi connectivity index (χ0v) is 13.9. The van der Waals surface area contributed by atoms with Crippen LogP contribution in [0, 0.1) is 0 Å². The first-order valence-electron chi connectivity index (χ1n) is 7.35. The van der Waals surface area contributed by atoms with Gasteiger partial charge < -0.3 is 10.6 Å². The Morgan fingerprint density at radius 1 is 1.36 bits per heavy atom. The minimum absolute atomic E-state index is 0.0545. The molecule has 3 rings (SSSR count). The molecule has 1 aliphatic carbocycles. The standard InChI is InChI=1S/C15H18N4OS2/c1-2-16-14-18-19-15(22-14)21-12(10-6-4-3-5-7-10)13(20)17-11-8-9-11/h3-7,11-12H,2,8-9H2,1H3,(H,16,18)(H,17,20). The van der Waals surface area contributed by atoms with E-state index < -0.39 is 0 Å². The maximum absolute atomic E-state index is 12.5. The van der Waals surface area contributed by atoms with Gasteiger partial charge in [0.05, 0.1) is 0 Å². The third kappa shape index (κ3) is 3.98. The average Bonchev–Trinajstić information content (AvgIpc) is 3.23. The fraction of sp³-hybridized carbons (Fsp3) is 0.400. The first kappa shape index (κ1) is 15.3. The van der Waals surface area contributed by atoms with Gasteiger partial charge in [0.15, 0.2) is 4.34 Å². The zero-order chi connectivity index (χ0) is 15.4. The van der Waals surface area contributed by atoms with E-state index in [9.17, 15) is 4.79 Å². The van der Waals surface area contributed by atoms with Gasteiger partial charge in [0, 0.05) is 12.6 Å². The van der Waals surface area contributed by atoms with E-state index in [0.29, 0.717) is 6.04 Å². The Kier molecular flexibility index (Phi) is 4.94. The molecular formula is C15H18N4OS2. The molecule has 7 heteroatoms. The highest BCUT2D eigenvalue weighted by atomic mass is 32.2. The summed E-state index contributed by atoms with van der Waals surface area (Å²) in [6.07, 6.45) is 2.17. The van der Waals surface area contributed by atoms with E-state index in [-0.39, 0.29) is 11.2 Å². The minimum Gasteiger partial charge on any atom is -0.360 e. The molecule has 0 bridgehead atoms. The van der Waals surface area contributed by atoms with Crippen molar-refractivity contribution >= 4 is 34.1 Å². The molecule has 0 saturated heterocycles. The Labute approximate surface area is 137 Å². The Hall–Kier alpha value is -1.60. The fourth-order valence-corrected chi connectivity index (χ4v) is 4.01. The number of benzene rings is 1. The van der Waals surface area contributed by atoms with Crippen molar-refractivity contribution in [1.82, 2.24) is 15.5 Å². The van der Waals surface area contributed by atoms with Crippen molar-refractivity contribution in [3.63, 3.8) is 0 Å². The molecule has 1 atom stereocenters. The van der Waals surface area contributed by atoms with Gasteiger partial charge in [-0.3, -0.25) is 4.79 Å². The van der Waals surface area contributed by atoms with Crippen LogP contribution in [0.1, 0.15) is 30.6 Å². The Bertz CT molecular complexity index is 627. The van der Waals surface area contributed by atoms with E-state index in [1.165, 1.54) is 23.1 Å². The molecule has 5 nitrogen and oxygen atoms in total. The number of aromatic nitrogens is 2. The van der Waals surface area contributed by atoms with Crippen LogP contribution in [0.3, 0.4) is 0 Å². The second-order valence-electron chi connectivity index (χ2n) is 5.09. The van der Waals surface area contributed by atoms with Crippen molar-refractivity contribution in [3.05, 3.63) is 35.9 Å². The van der Waals surface area contributed by atoms with Crippen molar-refractivity contribution in [2.45, 2.75) is 35.4 Å². The highest BCUT2D eigenvalue weighted by Gasteiger charge is 2.29. The summed E-state index contributed by atoms with van der Waals surface area (Å²) in [5.41, 5.74) is 0.992. The van der Waals surface area contributed by atoms with Crippen molar-refractivity contribution in [3.8, 4) is 0 Å². The summed E-state index contributed by atoms with van der Waals surface area (Å²) in [7, 11) is 0. The van der Waals surface area contributed by atoms with E-state index in [4.69, 9.17) is 0 Å². The van der Waals surface area contributed by atoms with Crippen LogP contribution in [-0.2, 0) is 4.79 Å². The molecule has 2 aromatic rings. The number of hydrogen-bond donors (Lipinski definition) is 2. The summed E-state index contributed by atoms with van der Waals surface area (Å²) in [4.78, 5) is 12.5. The van der Waals surface area contributed by atoms with Gasteiger partial charge >= 0.3 is 0 Å². The van der Waals surface area contributed by atoms with Crippen LogP contribution < -0.4 is 10.6 Å². The number of carbonyl (C=O) groups is 1. The van der Waals surface area contributed by atoms with Crippen LogP contribution in [0.4, 0.5) is 5.13 Å². The smallest absolute Gasteiger partial charge is 0.238 e. The topological polar surface area (TPSA) is 66.9 Å². The molecule has 116 valence electrons. The molecular weight excluding hydrogens is 316 g/mol. The van der Waals surface area contributed by atoms with Gasteiger partial charge in [0.1, 0.15) is 5.25 Å². The predicted molar refractivity (Wildman–Crippen MR) is 90.3 cm³/mol. The van der Waals surface area contributed by atoms with Crippen molar-refractivity contribution in [2.75, 3.05) is 11.9 Å². The molecule has 1 saturated carbocycles. The Balaban J connectivity index is 1.76. The summed E-state index contributed by atoms with van der Waals surface area (Å²) >= 11 is 2.94. The number of anilines is 1. The van der Waals surface area contributed by atoms with Gasteiger partial charge in [-0.05, 0) is 25.3 Å². The first-order valence-corrected chi connectivity index (χ1v) is 9.05. The van der Waals surface area contributed by atoms with Crippen LogP contribution in [0.2, 0.25) is 0 Å². The van der Waals surface area contributed by atoms with Crippen LogP contribution in [0.25, 0.3) is 0 Å². The number of thioether (sulfide) groups is 1. The van der Waals surface area contributed by atoms with Gasteiger partial charge in [-0.1, -0.05) is 53.4 Å². The lowest BCUT2D eigenvalue weighted by Gasteiger charge is -2.15. The summed E-state index contributed by atoms with van der Waals surface area (Å²) in [6.45, 7) is 2.83. The van der Waals surface area contributed by atoms with Gasteiger partial charge in [-0.2, -0.15) is 0 Å². The molecule has 1 fully saturated rings. The molecule has 1 unspecified atom stereocenters. The predicted octanol–water partition coefficient (Wildman–Crippen LogP) is 3.08. The Morgan fingerprint density at radius 2 is 2.14 bits per heavy atom. The highest BCUT2D eigenvalue weighted by molar-refractivity contribution is 8.01. The number of hydrogen-bond acceptors (Lipinski definition) is 6. The molecule has 22 heavy (non-hydrogen) atoms. The third-order valence-electron chi connectivity index (χ3n) is 3.22. The van der Waals surface area contributed by atoms with Gasteiger partial charge in [0.25, 0.3) is 0 Å². The van der Waals surface area contributed by atoms with Crippen molar-refractivity contribution < 1.29 is 4.79 Å². The van der Waals surface area contributed by atoms with Gasteiger partial charge in [0.2, 0.25) is 11.0 Å². The summed E-state index contributed by atoms with van der Waals surface area (Å²) in [6, 6.07) is 10.2. The molecule has 0 aliphatic heterocycles. The molecule has 1 aromatic heterocycles. The SMILES string of the molecule is CCNc1nnc(SC(C(=O)NC2CC2)c2ccccc2)s1. The highest BCUT2D eigenvalue weighted by Crippen LogP contribution is 2.38. The number of nitrogens with zero attached hydrogens (tertiary/aromatic N) is 2. The van der Waals surface area contributed by atoms with Gasteiger partial charge in [-0.25, -0.2) is 0 Å². The molecule has 0 radical (unpaired) electrons. The summed E-state index contributed by atoms with van der Waals surface area (Å²) < 4.78 is 0.802. The number of carbonyl (C=O) groups excluding carboxylic acids is 1. The molecule has 2 N–H and O–H groups in total. The largest absolute Gasteiger partial charge is 0.360 e. The monoisotopic (exact) mass is 334 g/mol. The summed E-state index contributed by atoms with van der Waals surface area (Å²) in [5.74, 6) is 0.0545. The maximum atomic E-state index is 12.5. The molecule has 1 aromatic carbocycles. The molecule has 1 aliphatic rings. The quantitative estimate of drug-likeness (QED) is 0.762. The van der Waals surface area contributed by atoms with Crippen molar-refractivity contribution in [1.29, 1.82) is 0 Å². The molecule has 1 amide bonds. The van der Waals surface area contributed by atoms with Crippen LogP contribution in [-0.4, -0.2) is 28.7 Å². The van der Waals surface area contributed by atoms with Crippen LogP contribution in [0.15, 0.2) is 34.7 Å². The van der Waals surface area contributed by atoms with Crippen LogP contribution in [0.5, 0.6) is 0 Å². The Morgan fingerprint density at radius 3 is 2.82 bits per heavy atom. The second-order valence-corrected chi connectivity index (χ2v) is 7.42.